The summed E-state index contributed by atoms with van der Waals surface area (Å²) in [5, 5.41) is 2.65. The number of piperidine rings is 1. The van der Waals surface area contributed by atoms with Crippen LogP contribution in [-0.4, -0.2) is 49.2 Å². The number of nitrogens with zero attached hydrogens (tertiary/aromatic N) is 2. The molecule has 9 nitrogen and oxygen atoms in total. The predicted molar refractivity (Wildman–Crippen MR) is 164 cm³/mol. The SMILES string of the molecule is CC(=O)Nc1c(-c2ccccc2)cccc1S(=O)(=O)NC(CCCc1ccc(N)cn1)C(=O)N1CCC(=C(F)F)CC1.Cl. The molecule has 1 aliphatic rings. The Hall–Kier alpha value is -3.87. The molecule has 1 saturated heterocycles. The lowest BCUT2D eigenvalue weighted by atomic mass is 10.0. The highest BCUT2D eigenvalue weighted by atomic mass is 35.5. The number of halogens is 3. The zero-order chi connectivity index (χ0) is 30.3. The number of carbonyl (C=O) groups is 2. The van der Waals surface area contributed by atoms with Crippen molar-refractivity contribution in [3.05, 3.63) is 84.2 Å². The highest BCUT2D eigenvalue weighted by Crippen LogP contribution is 2.34. The summed E-state index contributed by atoms with van der Waals surface area (Å²) in [4.78, 5) is 31.2. The van der Waals surface area contributed by atoms with Crippen molar-refractivity contribution < 1.29 is 26.8 Å². The summed E-state index contributed by atoms with van der Waals surface area (Å²) in [6.45, 7) is 1.40. The molecule has 0 spiro atoms. The zero-order valence-electron chi connectivity index (χ0n) is 23.6. The van der Waals surface area contributed by atoms with E-state index in [1.165, 1.54) is 24.1 Å². The smallest absolute Gasteiger partial charge is 0.269 e. The van der Waals surface area contributed by atoms with E-state index in [-0.39, 0.29) is 60.9 Å². The molecule has 2 amide bonds. The Bertz CT molecular complexity index is 1560. The van der Waals surface area contributed by atoms with Gasteiger partial charge in [0.1, 0.15) is 10.9 Å². The first-order chi connectivity index (χ1) is 20.0. The molecule has 2 aromatic carbocycles. The van der Waals surface area contributed by atoms with E-state index in [0.29, 0.717) is 29.7 Å². The number of aromatic nitrogens is 1. The fourth-order valence-electron chi connectivity index (χ4n) is 4.88. The largest absolute Gasteiger partial charge is 0.397 e. The minimum Gasteiger partial charge on any atom is -0.397 e. The van der Waals surface area contributed by atoms with E-state index in [1.54, 1.807) is 48.5 Å². The number of nitrogen functional groups attached to an aromatic ring is 1. The van der Waals surface area contributed by atoms with Gasteiger partial charge in [0.2, 0.25) is 21.8 Å². The minimum atomic E-state index is -4.35. The van der Waals surface area contributed by atoms with Crippen molar-refractivity contribution in [1.29, 1.82) is 0 Å². The number of sulfonamides is 1. The van der Waals surface area contributed by atoms with Crippen LogP contribution in [0.2, 0.25) is 0 Å². The molecule has 1 fully saturated rings. The second-order valence-corrected chi connectivity index (χ2v) is 11.7. The van der Waals surface area contributed by atoms with E-state index in [0.717, 1.165) is 5.69 Å². The average Bonchev–Trinajstić information content (AvgIpc) is 2.97. The van der Waals surface area contributed by atoms with E-state index < -0.39 is 34.0 Å². The van der Waals surface area contributed by atoms with Crippen LogP contribution in [0, 0.1) is 0 Å². The van der Waals surface area contributed by atoms with Gasteiger partial charge in [-0.25, -0.2) is 8.42 Å². The van der Waals surface area contributed by atoms with Crippen LogP contribution in [0.4, 0.5) is 20.2 Å². The molecule has 0 bridgehead atoms. The van der Waals surface area contributed by atoms with E-state index >= 15 is 0 Å². The molecular formula is C30H34ClF2N5O4S. The van der Waals surface area contributed by atoms with Crippen molar-refractivity contribution in [1.82, 2.24) is 14.6 Å². The fraction of sp³-hybridized carbons (Fsp3) is 0.300. The van der Waals surface area contributed by atoms with Gasteiger partial charge in [-0.05, 0) is 61.4 Å². The summed E-state index contributed by atoms with van der Waals surface area (Å²) in [5.74, 6) is -0.960. The number of aryl methyl sites for hydroxylation is 1. The number of benzene rings is 2. The third-order valence-electron chi connectivity index (χ3n) is 7.02. The van der Waals surface area contributed by atoms with Gasteiger partial charge in [-0.3, -0.25) is 14.6 Å². The fourth-order valence-corrected chi connectivity index (χ4v) is 6.29. The van der Waals surface area contributed by atoms with Crippen molar-refractivity contribution in [3.8, 4) is 11.1 Å². The van der Waals surface area contributed by atoms with Gasteiger partial charge in [0.25, 0.3) is 6.08 Å². The Kier molecular flexibility index (Phi) is 11.8. The molecule has 1 unspecified atom stereocenters. The second-order valence-electron chi connectivity index (χ2n) is 10.1. The van der Waals surface area contributed by atoms with Crippen LogP contribution in [0.3, 0.4) is 0 Å². The molecular weight excluding hydrogens is 600 g/mol. The number of pyridine rings is 1. The van der Waals surface area contributed by atoms with Gasteiger partial charge in [-0.1, -0.05) is 42.5 Å². The molecule has 43 heavy (non-hydrogen) atoms. The van der Waals surface area contributed by atoms with Crippen LogP contribution in [0.15, 0.2) is 83.4 Å². The number of nitrogens with two attached hydrogens (primary N) is 1. The molecule has 0 radical (unpaired) electrons. The summed E-state index contributed by atoms with van der Waals surface area (Å²) in [5.41, 5.74) is 8.22. The molecule has 1 aliphatic heterocycles. The zero-order valence-corrected chi connectivity index (χ0v) is 25.2. The molecule has 4 N–H and O–H groups in total. The van der Waals surface area contributed by atoms with Crippen LogP contribution < -0.4 is 15.8 Å². The Morgan fingerprint density at radius 3 is 2.33 bits per heavy atom. The van der Waals surface area contributed by atoms with Crippen LogP contribution in [0.5, 0.6) is 0 Å². The third-order valence-corrected chi connectivity index (χ3v) is 8.53. The standard InChI is InChI=1S/C30H33F2N5O4S.ClH/c1-20(38)35-28-25(21-7-3-2-4-8-21)10-6-12-27(28)42(40,41)36-26(11-5-9-24-14-13-23(33)19-34-24)30(39)37-17-15-22(16-18-37)29(31)32;/h2-4,6-8,10,12-14,19,26,36H,5,9,11,15-18,33H2,1H3,(H,35,38);1H. The monoisotopic (exact) mass is 633 g/mol. The first-order valence-electron chi connectivity index (χ1n) is 13.6. The number of hydrogen-bond acceptors (Lipinski definition) is 6. The summed E-state index contributed by atoms with van der Waals surface area (Å²) in [6.07, 6.45) is 0.840. The van der Waals surface area contributed by atoms with Gasteiger partial charge in [-0.15, -0.1) is 12.4 Å². The van der Waals surface area contributed by atoms with Gasteiger partial charge < -0.3 is 16.0 Å². The molecule has 230 valence electrons. The van der Waals surface area contributed by atoms with Crippen LogP contribution in [0.1, 0.15) is 38.3 Å². The lowest BCUT2D eigenvalue weighted by Crippen LogP contribution is -2.50. The van der Waals surface area contributed by atoms with Crippen molar-refractivity contribution in [2.24, 2.45) is 0 Å². The molecule has 1 aromatic heterocycles. The number of para-hydroxylation sites is 1. The Morgan fingerprint density at radius 2 is 1.72 bits per heavy atom. The normalized spacial score (nSPS) is 14.0. The maximum atomic E-state index is 13.9. The highest BCUT2D eigenvalue weighted by Gasteiger charge is 2.32. The molecule has 13 heteroatoms. The predicted octanol–water partition coefficient (Wildman–Crippen LogP) is 5.15. The molecule has 2 heterocycles. The summed E-state index contributed by atoms with van der Waals surface area (Å²) in [6, 6.07) is 15.9. The van der Waals surface area contributed by atoms with Gasteiger partial charge in [0, 0.05) is 31.3 Å². The van der Waals surface area contributed by atoms with Crippen molar-refractivity contribution >= 4 is 45.6 Å². The number of amides is 2. The first kappa shape index (κ1) is 33.6. The summed E-state index contributed by atoms with van der Waals surface area (Å²) >= 11 is 0. The van der Waals surface area contributed by atoms with Crippen molar-refractivity contribution in [2.45, 2.75) is 50.0 Å². The second kappa shape index (κ2) is 15.0. The van der Waals surface area contributed by atoms with Crippen molar-refractivity contribution in [2.75, 3.05) is 24.1 Å². The lowest BCUT2D eigenvalue weighted by molar-refractivity contribution is -0.133. The number of carbonyl (C=O) groups excluding carboxylic acids is 2. The quantitative estimate of drug-likeness (QED) is 0.283. The van der Waals surface area contributed by atoms with Gasteiger partial charge in [0.05, 0.1) is 17.6 Å². The number of anilines is 2. The van der Waals surface area contributed by atoms with Crippen LogP contribution >= 0.6 is 12.4 Å². The number of hydrogen-bond donors (Lipinski definition) is 3. The topological polar surface area (TPSA) is 134 Å². The Balaban J connectivity index is 0.00000506. The number of nitrogens with one attached hydrogen (secondary N) is 2. The lowest BCUT2D eigenvalue weighted by Gasteiger charge is -2.31. The number of likely N-dealkylation sites (tertiary alicyclic amines) is 1. The third kappa shape index (κ3) is 8.82. The Morgan fingerprint density at radius 1 is 1.02 bits per heavy atom. The van der Waals surface area contributed by atoms with Crippen molar-refractivity contribution in [3.63, 3.8) is 0 Å². The maximum Gasteiger partial charge on any atom is 0.269 e. The molecule has 0 saturated carbocycles. The minimum absolute atomic E-state index is 0. The van der Waals surface area contributed by atoms with E-state index in [1.807, 2.05) is 6.07 Å². The molecule has 1 atom stereocenters. The highest BCUT2D eigenvalue weighted by molar-refractivity contribution is 7.89. The summed E-state index contributed by atoms with van der Waals surface area (Å²) < 4.78 is 56.5. The van der Waals surface area contributed by atoms with Crippen LogP contribution in [0.25, 0.3) is 11.1 Å². The van der Waals surface area contributed by atoms with Gasteiger partial charge in [0.15, 0.2) is 0 Å². The van der Waals surface area contributed by atoms with E-state index in [9.17, 15) is 26.8 Å². The van der Waals surface area contributed by atoms with E-state index in [4.69, 9.17) is 5.73 Å². The summed E-state index contributed by atoms with van der Waals surface area (Å²) in [7, 11) is -4.35. The first-order valence-corrected chi connectivity index (χ1v) is 15.0. The molecule has 0 aliphatic carbocycles. The molecule has 4 rings (SSSR count). The average molecular weight is 634 g/mol. The van der Waals surface area contributed by atoms with Gasteiger partial charge in [-0.2, -0.15) is 13.5 Å². The van der Waals surface area contributed by atoms with Gasteiger partial charge >= 0.3 is 0 Å². The Labute approximate surface area is 256 Å². The molecule has 3 aromatic rings. The van der Waals surface area contributed by atoms with Crippen LogP contribution in [-0.2, 0) is 26.0 Å². The van der Waals surface area contributed by atoms with E-state index in [2.05, 4.69) is 15.0 Å². The maximum absolute atomic E-state index is 13.9. The number of rotatable bonds is 10.